The van der Waals surface area contributed by atoms with Crippen LogP contribution in [0.2, 0.25) is 0 Å². The summed E-state index contributed by atoms with van der Waals surface area (Å²) in [6.07, 6.45) is 60.0. The van der Waals surface area contributed by atoms with Crippen LogP contribution in [0.5, 0.6) is 0 Å². The van der Waals surface area contributed by atoms with Gasteiger partial charge in [-0.1, -0.05) is 349 Å². The summed E-state index contributed by atoms with van der Waals surface area (Å²) in [7, 11) is -9.90. The predicted molar refractivity (Wildman–Crippen MR) is 382 cm³/mol. The first kappa shape index (κ1) is 92.1. The van der Waals surface area contributed by atoms with Crippen LogP contribution in [-0.2, 0) is 65.4 Å². The van der Waals surface area contributed by atoms with E-state index in [9.17, 15) is 43.2 Å². The number of ether oxygens (including phenoxy) is 4. The van der Waals surface area contributed by atoms with Gasteiger partial charge in [-0.3, -0.25) is 37.3 Å². The first-order valence-corrected chi connectivity index (χ1v) is 42.3. The zero-order valence-corrected chi connectivity index (χ0v) is 62.7. The lowest BCUT2D eigenvalue weighted by Crippen LogP contribution is -2.30. The number of carbonyl (C=O) groups excluding carboxylic acids is 4. The topological polar surface area (TPSA) is 237 Å². The largest absolute Gasteiger partial charge is 0.472 e. The molecule has 0 aliphatic heterocycles. The number of phosphoric ester groups is 2. The summed E-state index contributed by atoms with van der Waals surface area (Å²) >= 11 is 0. The fraction of sp³-hybridized carbons (Fsp3) is 0.947. The van der Waals surface area contributed by atoms with Crippen LogP contribution in [-0.4, -0.2) is 96.7 Å². The second kappa shape index (κ2) is 69.5. The van der Waals surface area contributed by atoms with Crippen molar-refractivity contribution in [3.05, 3.63) is 0 Å². The van der Waals surface area contributed by atoms with E-state index in [1.807, 2.05) is 0 Å². The Kier molecular flexibility index (Phi) is 68.1. The van der Waals surface area contributed by atoms with E-state index in [-0.39, 0.29) is 25.7 Å². The molecule has 0 bridgehead atoms. The summed E-state index contributed by atoms with van der Waals surface area (Å²) in [5, 5.41) is 10.6. The van der Waals surface area contributed by atoms with Crippen LogP contribution in [0, 0.1) is 0 Å². The van der Waals surface area contributed by atoms with Gasteiger partial charge in [0.15, 0.2) is 12.2 Å². The van der Waals surface area contributed by atoms with E-state index in [0.29, 0.717) is 25.7 Å². The first-order chi connectivity index (χ1) is 45.7. The Morgan fingerprint density at radius 2 is 0.426 bits per heavy atom. The number of aliphatic hydroxyl groups excluding tert-OH is 1. The number of aliphatic hydroxyl groups is 1. The Bertz CT molecular complexity index is 1790. The van der Waals surface area contributed by atoms with Gasteiger partial charge < -0.3 is 33.8 Å². The van der Waals surface area contributed by atoms with Crippen molar-refractivity contribution in [1.29, 1.82) is 0 Å². The van der Waals surface area contributed by atoms with Gasteiger partial charge in [0.2, 0.25) is 0 Å². The minimum absolute atomic E-state index is 0.106. The van der Waals surface area contributed by atoms with E-state index in [2.05, 4.69) is 27.7 Å². The maximum Gasteiger partial charge on any atom is 0.472 e. The van der Waals surface area contributed by atoms with Crippen molar-refractivity contribution in [2.75, 3.05) is 39.6 Å². The van der Waals surface area contributed by atoms with Crippen molar-refractivity contribution >= 4 is 39.5 Å². The third-order valence-corrected chi connectivity index (χ3v) is 19.5. The maximum absolute atomic E-state index is 13.1. The fourth-order valence-corrected chi connectivity index (χ4v) is 13.2. The molecule has 0 aliphatic rings. The summed E-state index contributed by atoms with van der Waals surface area (Å²) in [5.41, 5.74) is 0. The van der Waals surface area contributed by atoms with Crippen molar-refractivity contribution in [1.82, 2.24) is 0 Å². The molecule has 19 heteroatoms. The first-order valence-electron chi connectivity index (χ1n) is 39.3. The molecular weight excluding hydrogens is 1230 g/mol. The monoisotopic (exact) mass is 1380 g/mol. The predicted octanol–water partition coefficient (Wildman–Crippen LogP) is 22.2. The molecule has 0 fully saturated rings. The number of phosphoric acid groups is 2. The van der Waals surface area contributed by atoms with Gasteiger partial charge in [0.1, 0.15) is 19.3 Å². The third kappa shape index (κ3) is 68.6. The van der Waals surface area contributed by atoms with Crippen LogP contribution in [0.15, 0.2) is 0 Å². The molecule has 0 aliphatic carbocycles. The lowest BCUT2D eigenvalue weighted by Gasteiger charge is -2.21. The zero-order valence-electron chi connectivity index (χ0n) is 60.9. The SMILES string of the molecule is CCCCCCCCCCCCCCCCCCCCCCCC(=O)O[C@H](COC(=O)CCCCCCCCCCCCCCCCCCC)COP(=O)(O)OC[C@@H](O)COP(=O)(O)OC[C@@H](COC(=O)CCCCCCCCC)OC(=O)CCCCCCCCCCC. The highest BCUT2D eigenvalue weighted by Crippen LogP contribution is 2.45. The Morgan fingerprint density at radius 3 is 0.628 bits per heavy atom. The summed E-state index contributed by atoms with van der Waals surface area (Å²) < 4.78 is 68.3. The van der Waals surface area contributed by atoms with E-state index in [1.54, 1.807) is 0 Å². The number of esters is 4. The number of rotatable bonds is 76. The third-order valence-electron chi connectivity index (χ3n) is 17.6. The second-order valence-electron chi connectivity index (χ2n) is 27.0. The average molecular weight is 1380 g/mol. The molecule has 0 amide bonds. The molecule has 0 aromatic heterocycles. The molecular formula is C75H146O17P2. The molecule has 0 spiro atoms. The normalized spacial score (nSPS) is 13.9. The van der Waals surface area contributed by atoms with E-state index in [0.717, 1.165) is 103 Å². The molecule has 558 valence electrons. The zero-order chi connectivity index (χ0) is 69.0. The Labute approximate surface area is 575 Å². The minimum atomic E-state index is -4.95. The van der Waals surface area contributed by atoms with Gasteiger partial charge in [-0.15, -0.1) is 0 Å². The molecule has 0 rings (SSSR count). The van der Waals surface area contributed by atoms with Crippen molar-refractivity contribution in [2.45, 2.75) is 418 Å². The van der Waals surface area contributed by atoms with Crippen LogP contribution in [0.3, 0.4) is 0 Å². The molecule has 3 N–H and O–H groups in total. The Hall–Kier alpha value is -1.94. The highest BCUT2D eigenvalue weighted by atomic mass is 31.2. The van der Waals surface area contributed by atoms with Gasteiger partial charge in [-0.25, -0.2) is 9.13 Å². The Balaban J connectivity index is 5.13. The minimum Gasteiger partial charge on any atom is -0.462 e. The van der Waals surface area contributed by atoms with Crippen LogP contribution >= 0.6 is 15.6 Å². The standard InChI is InChI=1S/C75H146O17P2/c1-5-9-13-17-21-24-26-28-30-32-33-34-35-37-39-41-43-46-50-54-58-62-75(80)92-71(66-86-73(78)60-56-52-48-45-42-40-38-36-31-29-27-25-22-18-14-10-6-2)68-90-94(83,84)88-64-69(76)63-87-93(81,82)89-67-70(65-85-72(77)59-55-51-47-20-16-12-8-4)91-74(79)61-57-53-49-44-23-19-15-11-7-3/h69-71,76H,5-68H2,1-4H3,(H,81,82)(H,83,84)/t69-,70+,71+/m0/s1. The fourth-order valence-electron chi connectivity index (χ4n) is 11.6. The van der Waals surface area contributed by atoms with Crippen molar-refractivity contribution in [3.63, 3.8) is 0 Å². The van der Waals surface area contributed by atoms with E-state index >= 15 is 0 Å². The lowest BCUT2D eigenvalue weighted by atomic mass is 10.0. The van der Waals surface area contributed by atoms with Crippen LogP contribution in [0.4, 0.5) is 0 Å². The molecule has 17 nitrogen and oxygen atoms in total. The number of hydrogen-bond donors (Lipinski definition) is 3. The highest BCUT2D eigenvalue weighted by Gasteiger charge is 2.30. The molecule has 94 heavy (non-hydrogen) atoms. The molecule has 0 saturated carbocycles. The molecule has 2 unspecified atom stereocenters. The van der Waals surface area contributed by atoms with Gasteiger partial charge in [-0.05, 0) is 25.7 Å². The van der Waals surface area contributed by atoms with Gasteiger partial charge in [0, 0.05) is 25.7 Å². The number of unbranched alkanes of at least 4 members (excludes halogenated alkanes) is 50. The molecule has 0 aromatic rings. The molecule has 0 heterocycles. The highest BCUT2D eigenvalue weighted by molar-refractivity contribution is 7.47. The van der Waals surface area contributed by atoms with Crippen molar-refractivity contribution in [2.24, 2.45) is 0 Å². The van der Waals surface area contributed by atoms with E-state index in [1.165, 1.54) is 218 Å². The maximum atomic E-state index is 13.1. The number of carbonyl (C=O) groups is 4. The quantitative estimate of drug-likeness (QED) is 0.0222. The van der Waals surface area contributed by atoms with Gasteiger partial charge in [0.05, 0.1) is 26.4 Å². The molecule has 0 aromatic carbocycles. The second-order valence-corrected chi connectivity index (χ2v) is 29.9. The average Bonchev–Trinajstić information content (AvgIpc) is 1.75. The lowest BCUT2D eigenvalue weighted by molar-refractivity contribution is -0.161. The van der Waals surface area contributed by atoms with Crippen molar-refractivity contribution < 1.29 is 80.2 Å². The van der Waals surface area contributed by atoms with Gasteiger partial charge in [-0.2, -0.15) is 0 Å². The summed E-state index contributed by atoms with van der Waals surface area (Å²) in [6, 6.07) is 0. The smallest absolute Gasteiger partial charge is 0.462 e. The molecule has 0 radical (unpaired) electrons. The summed E-state index contributed by atoms with van der Waals surface area (Å²) in [5.74, 6) is -2.12. The Morgan fingerprint density at radius 1 is 0.255 bits per heavy atom. The summed E-state index contributed by atoms with van der Waals surface area (Å²) in [4.78, 5) is 72.5. The summed E-state index contributed by atoms with van der Waals surface area (Å²) in [6.45, 7) is 4.92. The van der Waals surface area contributed by atoms with Crippen molar-refractivity contribution in [3.8, 4) is 0 Å². The van der Waals surface area contributed by atoms with Crippen LogP contribution < -0.4 is 0 Å². The van der Waals surface area contributed by atoms with Gasteiger partial charge in [0.25, 0.3) is 0 Å². The van der Waals surface area contributed by atoms with Crippen LogP contribution in [0.25, 0.3) is 0 Å². The number of hydrogen-bond acceptors (Lipinski definition) is 15. The van der Waals surface area contributed by atoms with E-state index in [4.69, 9.17) is 37.0 Å². The molecule has 5 atom stereocenters. The van der Waals surface area contributed by atoms with Gasteiger partial charge >= 0.3 is 39.5 Å². The van der Waals surface area contributed by atoms with Crippen LogP contribution in [0.1, 0.15) is 400 Å². The van der Waals surface area contributed by atoms with E-state index < -0.39 is 97.5 Å². The molecule has 0 saturated heterocycles.